The van der Waals surface area contributed by atoms with E-state index in [2.05, 4.69) is 66.3 Å². The molecule has 3 heteroatoms. The highest BCUT2D eigenvalue weighted by atomic mass is 79.9. The number of halogens is 1. The predicted molar refractivity (Wildman–Crippen MR) is 78.7 cm³/mol. The van der Waals surface area contributed by atoms with E-state index in [1.165, 1.54) is 10.0 Å². The largest absolute Gasteiger partial charge is 0.381 e. The second kappa shape index (κ2) is 5.32. The highest BCUT2D eigenvalue weighted by Gasteiger charge is 2.48. The summed E-state index contributed by atoms with van der Waals surface area (Å²) in [4.78, 5) is 0. The van der Waals surface area contributed by atoms with E-state index in [-0.39, 0.29) is 5.41 Å². The number of methoxy groups -OCH3 is 1. The topological polar surface area (TPSA) is 21.3 Å². The van der Waals surface area contributed by atoms with Crippen molar-refractivity contribution in [3.63, 3.8) is 0 Å². The molecule has 0 bridgehead atoms. The van der Waals surface area contributed by atoms with Crippen molar-refractivity contribution in [2.24, 2.45) is 5.41 Å². The zero-order chi connectivity index (χ0) is 13.3. The van der Waals surface area contributed by atoms with E-state index in [0.29, 0.717) is 18.2 Å². The van der Waals surface area contributed by atoms with Gasteiger partial charge in [-0.15, -0.1) is 0 Å². The molecule has 2 nitrogen and oxygen atoms in total. The van der Waals surface area contributed by atoms with Gasteiger partial charge in [0, 0.05) is 29.1 Å². The maximum absolute atomic E-state index is 5.49. The summed E-state index contributed by atoms with van der Waals surface area (Å²) in [6.07, 6.45) is 1.47. The van der Waals surface area contributed by atoms with Gasteiger partial charge < -0.3 is 10.1 Å². The van der Waals surface area contributed by atoms with Gasteiger partial charge in [0.15, 0.2) is 0 Å². The van der Waals surface area contributed by atoms with Crippen LogP contribution in [0.3, 0.4) is 0 Å². The lowest BCUT2D eigenvalue weighted by Crippen LogP contribution is -2.60. The second-order valence-corrected chi connectivity index (χ2v) is 6.60. The SMILES string of the molecule is COC1CC(NC(C)c2ccccc2Br)C1(C)C. The van der Waals surface area contributed by atoms with Crippen LogP contribution in [-0.2, 0) is 4.74 Å². The average molecular weight is 312 g/mol. The van der Waals surface area contributed by atoms with Gasteiger partial charge in [0.25, 0.3) is 0 Å². The zero-order valence-corrected chi connectivity index (χ0v) is 13.1. The molecule has 18 heavy (non-hydrogen) atoms. The highest BCUT2D eigenvalue weighted by Crippen LogP contribution is 2.43. The van der Waals surface area contributed by atoms with Gasteiger partial charge in [0.1, 0.15) is 0 Å². The Bertz CT molecular complexity index is 419. The molecule has 0 aromatic heterocycles. The van der Waals surface area contributed by atoms with Gasteiger partial charge in [0.05, 0.1) is 6.10 Å². The van der Waals surface area contributed by atoms with E-state index in [0.717, 1.165) is 6.42 Å². The number of hydrogen-bond acceptors (Lipinski definition) is 2. The van der Waals surface area contributed by atoms with Crippen LogP contribution in [0.1, 0.15) is 38.8 Å². The van der Waals surface area contributed by atoms with E-state index >= 15 is 0 Å². The third-order valence-electron chi connectivity index (χ3n) is 4.29. The van der Waals surface area contributed by atoms with Gasteiger partial charge in [0.2, 0.25) is 0 Å². The first kappa shape index (κ1) is 14.0. The number of ether oxygens (including phenoxy) is 1. The quantitative estimate of drug-likeness (QED) is 0.910. The summed E-state index contributed by atoms with van der Waals surface area (Å²) in [6, 6.07) is 9.27. The molecular weight excluding hydrogens is 290 g/mol. The van der Waals surface area contributed by atoms with Gasteiger partial charge in [-0.2, -0.15) is 0 Å². The van der Waals surface area contributed by atoms with Crippen molar-refractivity contribution in [2.45, 2.75) is 45.4 Å². The van der Waals surface area contributed by atoms with Gasteiger partial charge in [-0.05, 0) is 25.0 Å². The smallest absolute Gasteiger partial charge is 0.0652 e. The Morgan fingerprint density at radius 1 is 1.39 bits per heavy atom. The summed E-state index contributed by atoms with van der Waals surface area (Å²) in [7, 11) is 1.81. The van der Waals surface area contributed by atoms with Crippen molar-refractivity contribution >= 4 is 15.9 Å². The summed E-state index contributed by atoms with van der Waals surface area (Å²) in [6.45, 7) is 6.76. The molecule has 0 radical (unpaired) electrons. The number of rotatable bonds is 4. The molecule has 0 heterocycles. The van der Waals surface area contributed by atoms with Crippen LogP contribution in [0.2, 0.25) is 0 Å². The molecular formula is C15H22BrNO. The third-order valence-corrected chi connectivity index (χ3v) is 5.01. The van der Waals surface area contributed by atoms with E-state index < -0.39 is 0 Å². The van der Waals surface area contributed by atoms with Crippen molar-refractivity contribution < 1.29 is 4.74 Å². The van der Waals surface area contributed by atoms with Gasteiger partial charge in [-0.3, -0.25) is 0 Å². The van der Waals surface area contributed by atoms with E-state index in [4.69, 9.17) is 4.74 Å². The number of hydrogen-bond donors (Lipinski definition) is 1. The van der Waals surface area contributed by atoms with Gasteiger partial charge in [-0.1, -0.05) is 48.0 Å². The average Bonchev–Trinajstić information content (AvgIpc) is 2.34. The van der Waals surface area contributed by atoms with Crippen molar-refractivity contribution in [3.05, 3.63) is 34.3 Å². The summed E-state index contributed by atoms with van der Waals surface area (Å²) < 4.78 is 6.67. The molecule has 0 spiro atoms. The van der Waals surface area contributed by atoms with Gasteiger partial charge in [-0.25, -0.2) is 0 Å². The molecule has 1 saturated carbocycles. The molecule has 1 fully saturated rings. The van der Waals surface area contributed by atoms with Gasteiger partial charge >= 0.3 is 0 Å². The minimum absolute atomic E-state index is 0.213. The molecule has 0 amide bonds. The summed E-state index contributed by atoms with van der Waals surface area (Å²) in [5.74, 6) is 0. The van der Waals surface area contributed by atoms with Crippen molar-refractivity contribution in [2.75, 3.05) is 7.11 Å². The fraction of sp³-hybridized carbons (Fsp3) is 0.600. The van der Waals surface area contributed by atoms with Crippen LogP contribution in [0.15, 0.2) is 28.7 Å². The molecule has 0 aliphatic heterocycles. The molecule has 1 aromatic rings. The third kappa shape index (κ3) is 2.49. The minimum Gasteiger partial charge on any atom is -0.381 e. The predicted octanol–water partition coefficient (Wildman–Crippen LogP) is 3.91. The fourth-order valence-electron chi connectivity index (χ4n) is 2.79. The Labute approximate surface area is 118 Å². The van der Waals surface area contributed by atoms with Crippen LogP contribution >= 0.6 is 15.9 Å². The summed E-state index contributed by atoms with van der Waals surface area (Å²) >= 11 is 3.62. The summed E-state index contributed by atoms with van der Waals surface area (Å²) in [5.41, 5.74) is 1.53. The zero-order valence-electron chi connectivity index (χ0n) is 11.5. The summed E-state index contributed by atoms with van der Waals surface area (Å²) in [5, 5.41) is 3.72. The number of benzene rings is 1. The number of nitrogens with one attached hydrogen (secondary N) is 1. The molecule has 3 unspecified atom stereocenters. The lowest BCUT2D eigenvalue weighted by Gasteiger charge is -2.52. The fourth-order valence-corrected chi connectivity index (χ4v) is 3.41. The first-order valence-electron chi connectivity index (χ1n) is 6.50. The second-order valence-electron chi connectivity index (χ2n) is 5.74. The van der Waals surface area contributed by atoms with Crippen LogP contribution in [0.5, 0.6) is 0 Å². The first-order chi connectivity index (χ1) is 8.46. The van der Waals surface area contributed by atoms with E-state index in [1.807, 2.05) is 0 Å². The van der Waals surface area contributed by atoms with E-state index in [1.54, 1.807) is 7.11 Å². The first-order valence-corrected chi connectivity index (χ1v) is 7.29. The van der Waals surface area contributed by atoms with Crippen LogP contribution < -0.4 is 5.32 Å². The molecule has 0 saturated heterocycles. The Balaban J connectivity index is 2.02. The van der Waals surface area contributed by atoms with Crippen LogP contribution in [-0.4, -0.2) is 19.3 Å². The normalized spacial score (nSPS) is 27.6. The molecule has 2 rings (SSSR count). The Morgan fingerprint density at radius 2 is 2.06 bits per heavy atom. The Morgan fingerprint density at radius 3 is 2.61 bits per heavy atom. The molecule has 1 aliphatic carbocycles. The molecule has 100 valence electrons. The molecule has 1 aliphatic rings. The molecule has 1 N–H and O–H groups in total. The van der Waals surface area contributed by atoms with Crippen LogP contribution in [0.25, 0.3) is 0 Å². The maximum Gasteiger partial charge on any atom is 0.0652 e. The lowest BCUT2D eigenvalue weighted by molar-refractivity contribution is -0.0999. The van der Waals surface area contributed by atoms with Crippen molar-refractivity contribution in [3.8, 4) is 0 Å². The molecule has 3 atom stereocenters. The lowest BCUT2D eigenvalue weighted by atomic mass is 9.64. The molecule has 1 aromatic carbocycles. The standard InChI is InChI=1S/C15H22BrNO/c1-10(11-7-5-6-8-12(11)16)17-13-9-14(18-4)15(13,2)3/h5-8,10,13-14,17H,9H2,1-4H3. The Kier molecular flexibility index (Phi) is 4.15. The van der Waals surface area contributed by atoms with Crippen LogP contribution in [0, 0.1) is 5.41 Å². The Hall–Kier alpha value is -0.380. The minimum atomic E-state index is 0.213. The van der Waals surface area contributed by atoms with E-state index in [9.17, 15) is 0 Å². The highest BCUT2D eigenvalue weighted by molar-refractivity contribution is 9.10. The van der Waals surface area contributed by atoms with Crippen molar-refractivity contribution in [1.29, 1.82) is 0 Å². The monoisotopic (exact) mass is 311 g/mol. The van der Waals surface area contributed by atoms with Crippen LogP contribution in [0.4, 0.5) is 0 Å². The van der Waals surface area contributed by atoms with Crippen molar-refractivity contribution in [1.82, 2.24) is 5.32 Å². The maximum atomic E-state index is 5.49.